The average Bonchev–Trinajstić information content (AvgIpc) is 2.94. The van der Waals surface area contributed by atoms with E-state index in [4.69, 9.17) is 42.6 Å². The molecule has 1 rings (SSSR count). The highest BCUT2D eigenvalue weighted by atomic mass is 16.6. The van der Waals surface area contributed by atoms with Crippen LogP contribution in [0.1, 0.15) is 37.6 Å². The molecule has 0 aliphatic rings. The van der Waals surface area contributed by atoms with Crippen molar-refractivity contribution in [3.8, 4) is 0 Å². The molecule has 0 heterocycles. The highest BCUT2D eigenvalue weighted by Gasteiger charge is 2.17. The van der Waals surface area contributed by atoms with Crippen LogP contribution in [0.5, 0.6) is 0 Å². The summed E-state index contributed by atoms with van der Waals surface area (Å²) in [7, 11) is 0. The lowest BCUT2D eigenvalue weighted by molar-refractivity contribution is -0.156. The van der Waals surface area contributed by atoms with Gasteiger partial charge in [0.25, 0.3) is 5.78 Å². The number of carbonyl (C=O) groups excluding carboxylic acids is 3. The second-order valence-corrected chi connectivity index (χ2v) is 9.45. The fourth-order valence-electron chi connectivity index (χ4n) is 2.94. The van der Waals surface area contributed by atoms with Gasteiger partial charge in [-0.05, 0) is 20.8 Å². The Balaban J connectivity index is 1.73. The summed E-state index contributed by atoms with van der Waals surface area (Å²) in [6.07, 6.45) is 0.222. The molecule has 0 bridgehead atoms. The van der Waals surface area contributed by atoms with E-state index in [1.165, 1.54) is 0 Å². The van der Waals surface area contributed by atoms with Crippen LogP contribution in [0.3, 0.4) is 0 Å². The number of hydrogen-bond donors (Lipinski definition) is 0. The van der Waals surface area contributed by atoms with Gasteiger partial charge < -0.3 is 42.6 Å². The molecule has 0 aliphatic heterocycles. The van der Waals surface area contributed by atoms with Crippen molar-refractivity contribution in [1.82, 2.24) is 0 Å². The van der Waals surface area contributed by atoms with Crippen molar-refractivity contribution in [2.75, 3.05) is 99.1 Å². The van der Waals surface area contributed by atoms with Crippen molar-refractivity contribution in [1.29, 1.82) is 0 Å². The van der Waals surface area contributed by atoms with Crippen molar-refractivity contribution in [2.24, 2.45) is 0 Å². The summed E-state index contributed by atoms with van der Waals surface area (Å²) >= 11 is 0. The average molecular weight is 587 g/mol. The van der Waals surface area contributed by atoms with E-state index < -0.39 is 17.4 Å². The SMILES string of the molecule is CC(C)(C)OC(=O)CCOCCOCCOCCOCCOCCOCCOCCOC(=O)C(=O)c1ccccc1. The molecule has 12 heteroatoms. The van der Waals surface area contributed by atoms with Gasteiger partial charge in [-0.15, -0.1) is 0 Å². The first-order valence-electron chi connectivity index (χ1n) is 13.8. The highest BCUT2D eigenvalue weighted by Crippen LogP contribution is 2.08. The van der Waals surface area contributed by atoms with Crippen molar-refractivity contribution in [2.45, 2.75) is 32.8 Å². The first-order valence-corrected chi connectivity index (χ1v) is 13.8. The molecule has 0 saturated carbocycles. The maximum absolute atomic E-state index is 11.9. The molecule has 0 unspecified atom stereocenters. The van der Waals surface area contributed by atoms with Gasteiger partial charge in [-0.25, -0.2) is 4.79 Å². The zero-order valence-corrected chi connectivity index (χ0v) is 24.6. The van der Waals surface area contributed by atoms with Gasteiger partial charge in [0.05, 0.1) is 98.9 Å². The normalized spacial score (nSPS) is 11.4. The Labute approximate surface area is 242 Å². The Hall–Kier alpha value is -2.45. The van der Waals surface area contributed by atoms with Crippen molar-refractivity contribution in [3.05, 3.63) is 35.9 Å². The number of rotatable bonds is 26. The summed E-state index contributed by atoms with van der Waals surface area (Å²) in [6.45, 7) is 11.1. The van der Waals surface area contributed by atoms with E-state index in [0.29, 0.717) is 91.5 Å². The van der Waals surface area contributed by atoms with Gasteiger partial charge in [0.2, 0.25) is 0 Å². The maximum Gasteiger partial charge on any atom is 0.379 e. The molecule has 1 aromatic carbocycles. The maximum atomic E-state index is 11.9. The van der Waals surface area contributed by atoms with Crippen molar-refractivity contribution >= 4 is 17.7 Å². The molecule has 0 aliphatic carbocycles. The van der Waals surface area contributed by atoms with E-state index in [1.807, 2.05) is 20.8 Å². The molecule has 0 amide bonds. The van der Waals surface area contributed by atoms with E-state index in [2.05, 4.69) is 0 Å². The quantitative estimate of drug-likeness (QED) is 0.0682. The fourth-order valence-corrected chi connectivity index (χ4v) is 2.94. The Morgan fingerprint density at radius 1 is 0.537 bits per heavy atom. The predicted octanol–water partition coefficient (Wildman–Crippen LogP) is 2.26. The predicted molar refractivity (Wildman–Crippen MR) is 148 cm³/mol. The molecule has 0 N–H and O–H groups in total. The molecule has 41 heavy (non-hydrogen) atoms. The number of ether oxygens (including phenoxy) is 9. The van der Waals surface area contributed by atoms with Gasteiger partial charge in [0.15, 0.2) is 0 Å². The number of carbonyl (C=O) groups is 3. The van der Waals surface area contributed by atoms with E-state index in [-0.39, 0.29) is 25.6 Å². The lowest BCUT2D eigenvalue weighted by Gasteiger charge is -2.19. The van der Waals surface area contributed by atoms with Crippen LogP contribution in [0.4, 0.5) is 0 Å². The molecule has 0 atom stereocenters. The summed E-state index contributed by atoms with van der Waals surface area (Å²) in [6, 6.07) is 8.24. The molecule has 0 aromatic heterocycles. The van der Waals surface area contributed by atoms with Crippen LogP contribution >= 0.6 is 0 Å². The standard InChI is InChI=1S/C29H46O12/c1-29(2,3)41-26(30)9-10-33-11-12-34-13-14-35-15-16-36-17-18-37-19-20-38-21-22-39-23-24-40-28(32)27(31)25-7-5-4-6-8-25/h4-8H,9-24H2,1-3H3. The van der Waals surface area contributed by atoms with Crippen LogP contribution in [0.25, 0.3) is 0 Å². The lowest BCUT2D eigenvalue weighted by atomic mass is 10.1. The van der Waals surface area contributed by atoms with Crippen molar-refractivity contribution in [3.63, 3.8) is 0 Å². The van der Waals surface area contributed by atoms with Gasteiger partial charge in [0.1, 0.15) is 12.2 Å². The molecule has 1 aromatic rings. The number of Topliss-reactive ketones (excluding diaryl/α,β-unsaturated/α-hetero) is 1. The minimum Gasteiger partial charge on any atom is -0.460 e. The van der Waals surface area contributed by atoms with Crippen LogP contribution in [0, 0.1) is 0 Å². The zero-order valence-electron chi connectivity index (χ0n) is 24.6. The Bertz CT molecular complexity index is 810. The monoisotopic (exact) mass is 586 g/mol. The summed E-state index contributed by atoms with van der Waals surface area (Å²) < 4.78 is 47.8. The van der Waals surface area contributed by atoms with E-state index in [0.717, 1.165) is 0 Å². The number of ketones is 1. The summed E-state index contributed by atoms with van der Waals surface area (Å²) in [5.74, 6) is -1.85. The Kier molecular flexibility index (Phi) is 21.6. The number of hydrogen-bond acceptors (Lipinski definition) is 12. The topological polar surface area (TPSA) is 134 Å². The minimum absolute atomic E-state index is 0.00528. The molecule has 0 radical (unpaired) electrons. The van der Waals surface area contributed by atoms with Crippen molar-refractivity contribution < 1.29 is 57.0 Å². The first kappa shape index (κ1) is 36.6. The smallest absolute Gasteiger partial charge is 0.379 e. The van der Waals surface area contributed by atoms with Gasteiger partial charge >= 0.3 is 11.9 Å². The molecule has 0 fully saturated rings. The summed E-state index contributed by atoms with van der Waals surface area (Å²) in [5.41, 5.74) is -0.188. The second-order valence-electron chi connectivity index (χ2n) is 9.45. The lowest BCUT2D eigenvalue weighted by Crippen LogP contribution is -2.24. The zero-order chi connectivity index (χ0) is 30.0. The molecule has 0 saturated heterocycles. The van der Waals surface area contributed by atoms with Crippen LogP contribution in [-0.4, -0.2) is 122 Å². The summed E-state index contributed by atoms with van der Waals surface area (Å²) in [4.78, 5) is 35.1. The largest absolute Gasteiger partial charge is 0.460 e. The molecular weight excluding hydrogens is 540 g/mol. The third kappa shape index (κ3) is 22.9. The van der Waals surface area contributed by atoms with E-state index in [9.17, 15) is 14.4 Å². The van der Waals surface area contributed by atoms with Gasteiger partial charge in [0, 0.05) is 5.56 Å². The second kappa shape index (κ2) is 24.2. The third-order valence-electron chi connectivity index (χ3n) is 4.78. The van der Waals surface area contributed by atoms with Crippen LogP contribution in [0.2, 0.25) is 0 Å². The van der Waals surface area contributed by atoms with Gasteiger partial charge in [-0.2, -0.15) is 0 Å². The van der Waals surface area contributed by atoms with Crippen LogP contribution < -0.4 is 0 Å². The first-order chi connectivity index (χ1) is 19.8. The number of benzene rings is 1. The fraction of sp³-hybridized carbons (Fsp3) is 0.690. The number of esters is 2. The molecule has 0 spiro atoms. The minimum atomic E-state index is -0.900. The van der Waals surface area contributed by atoms with E-state index in [1.54, 1.807) is 30.3 Å². The highest BCUT2D eigenvalue weighted by molar-refractivity contribution is 6.40. The molecule has 234 valence electrons. The third-order valence-corrected chi connectivity index (χ3v) is 4.78. The summed E-state index contributed by atoms with van der Waals surface area (Å²) in [5, 5.41) is 0. The van der Waals surface area contributed by atoms with Crippen LogP contribution in [-0.2, 0) is 52.2 Å². The van der Waals surface area contributed by atoms with Gasteiger partial charge in [-0.3, -0.25) is 9.59 Å². The van der Waals surface area contributed by atoms with Gasteiger partial charge in [-0.1, -0.05) is 30.3 Å². The Morgan fingerprint density at radius 2 is 0.902 bits per heavy atom. The van der Waals surface area contributed by atoms with E-state index >= 15 is 0 Å². The molecular formula is C29H46O12. The molecule has 12 nitrogen and oxygen atoms in total. The van der Waals surface area contributed by atoms with Crippen LogP contribution in [0.15, 0.2) is 30.3 Å². The Morgan fingerprint density at radius 3 is 1.29 bits per heavy atom.